The molecule has 82 valence electrons. The topological polar surface area (TPSA) is 52.0 Å². The molecule has 0 aromatic heterocycles. The van der Waals surface area contributed by atoms with E-state index in [0.717, 1.165) is 5.56 Å². The van der Waals surface area contributed by atoms with E-state index in [0.29, 0.717) is 0 Å². The summed E-state index contributed by atoms with van der Waals surface area (Å²) in [6.07, 6.45) is -0.319. The van der Waals surface area contributed by atoms with Crippen molar-refractivity contribution in [3.05, 3.63) is 59.7 Å². The van der Waals surface area contributed by atoms with Crippen LogP contribution in [0, 0.1) is 6.92 Å². The second-order valence-corrected chi connectivity index (χ2v) is 3.15. The van der Waals surface area contributed by atoms with Gasteiger partial charge < -0.3 is 11.5 Å². The Morgan fingerprint density at radius 2 is 1.73 bits per heavy atom. The second kappa shape index (κ2) is 7.43. The molecule has 0 spiro atoms. The van der Waals surface area contributed by atoms with Gasteiger partial charge in [0, 0.05) is 0 Å². The van der Waals surface area contributed by atoms with Gasteiger partial charge in [0.2, 0.25) is 0 Å². The van der Waals surface area contributed by atoms with E-state index in [1.54, 1.807) is 0 Å². The fraction of sp³-hybridized carbons (Fsp3) is 0.167. The molecule has 0 amide bonds. The molecule has 0 aliphatic carbocycles. The van der Waals surface area contributed by atoms with Crippen LogP contribution in [0.5, 0.6) is 0 Å². The predicted octanol–water partition coefficient (Wildman–Crippen LogP) is 2.03. The summed E-state index contributed by atoms with van der Waals surface area (Å²) in [5.74, 6) is 0. The summed E-state index contributed by atoms with van der Waals surface area (Å²) in [5.41, 5.74) is 13.1. The standard InChI is InChI=1S/C7H11N2.C5H5.Fe/c1-5-3-2-4-6(5)7(8)9;1-2-4-5-3-1;/h2-4,7H,8-9H2,1H3;1-5H;/q2*-1;+2. The van der Waals surface area contributed by atoms with Crippen LogP contribution in [0.25, 0.3) is 0 Å². The summed E-state index contributed by atoms with van der Waals surface area (Å²) in [6, 6.07) is 15.9. The van der Waals surface area contributed by atoms with Crippen molar-refractivity contribution in [2.24, 2.45) is 11.5 Å². The van der Waals surface area contributed by atoms with E-state index in [-0.39, 0.29) is 23.2 Å². The molecule has 0 saturated heterocycles. The molecule has 0 atom stereocenters. The van der Waals surface area contributed by atoms with E-state index < -0.39 is 0 Å². The molecule has 2 aromatic carbocycles. The molecule has 0 aliphatic heterocycles. The Hall–Kier alpha value is -0.861. The first kappa shape index (κ1) is 14.1. The van der Waals surface area contributed by atoms with Crippen molar-refractivity contribution in [1.29, 1.82) is 0 Å². The summed E-state index contributed by atoms with van der Waals surface area (Å²) < 4.78 is 0. The minimum Gasteiger partial charge on any atom is -0.314 e. The van der Waals surface area contributed by atoms with Crippen molar-refractivity contribution in [2.75, 3.05) is 0 Å². The fourth-order valence-electron chi connectivity index (χ4n) is 1.22. The van der Waals surface area contributed by atoms with Gasteiger partial charge in [0.1, 0.15) is 0 Å². The van der Waals surface area contributed by atoms with Crippen molar-refractivity contribution < 1.29 is 17.1 Å². The van der Waals surface area contributed by atoms with Crippen LogP contribution in [-0.2, 0) is 17.1 Å². The Labute approximate surface area is 101 Å². The molecule has 2 aromatic rings. The van der Waals surface area contributed by atoms with E-state index in [1.807, 2.05) is 55.5 Å². The number of nitrogens with two attached hydrogens (primary N) is 2. The zero-order valence-electron chi connectivity index (χ0n) is 8.70. The molecule has 0 bridgehead atoms. The summed E-state index contributed by atoms with van der Waals surface area (Å²) in [4.78, 5) is 0. The molecule has 2 rings (SSSR count). The van der Waals surface area contributed by atoms with Crippen LogP contribution in [-0.4, -0.2) is 0 Å². The molecule has 2 nitrogen and oxygen atoms in total. The SMILES string of the molecule is Cc1cc[cH-]c1C(N)N.[Fe+2].c1cc[cH-]c1. The Bertz CT molecular complexity index is 319. The van der Waals surface area contributed by atoms with Crippen LogP contribution >= 0.6 is 0 Å². The normalized spacial score (nSPS) is 9.07. The van der Waals surface area contributed by atoms with Crippen molar-refractivity contribution >= 4 is 0 Å². The Morgan fingerprint density at radius 3 is 1.93 bits per heavy atom. The summed E-state index contributed by atoms with van der Waals surface area (Å²) in [6.45, 7) is 2.00. The largest absolute Gasteiger partial charge is 2.00 e. The van der Waals surface area contributed by atoms with E-state index in [1.165, 1.54) is 5.56 Å². The number of hydrogen-bond acceptors (Lipinski definition) is 2. The fourth-order valence-corrected chi connectivity index (χ4v) is 1.22. The molecule has 0 radical (unpaired) electrons. The minimum atomic E-state index is -0.319. The molecule has 3 heteroatoms. The Balaban J connectivity index is 0.000000280. The third-order valence-corrected chi connectivity index (χ3v) is 1.99. The van der Waals surface area contributed by atoms with Gasteiger partial charge >= 0.3 is 17.1 Å². The first-order chi connectivity index (χ1) is 6.72. The molecule has 0 fully saturated rings. The van der Waals surface area contributed by atoms with Crippen molar-refractivity contribution in [1.82, 2.24) is 0 Å². The van der Waals surface area contributed by atoms with E-state index in [9.17, 15) is 0 Å². The van der Waals surface area contributed by atoms with Gasteiger partial charge in [-0.2, -0.15) is 35.9 Å². The Kier molecular flexibility index (Phi) is 7.01. The van der Waals surface area contributed by atoms with Gasteiger partial charge in [-0.3, -0.25) is 0 Å². The summed E-state index contributed by atoms with van der Waals surface area (Å²) >= 11 is 0. The molecule has 15 heavy (non-hydrogen) atoms. The molecular weight excluding hydrogens is 228 g/mol. The molecule has 0 heterocycles. The van der Waals surface area contributed by atoms with Crippen LogP contribution in [0.2, 0.25) is 0 Å². The minimum absolute atomic E-state index is 0. The molecule has 0 unspecified atom stereocenters. The van der Waals surface area contributed by atoms with Gasteiger partial charge in [-0.1, -0.05) is 6.92 Å². The van der Waals surface area contributed by atoms with Crippen LogP contribution in [0.1, 0.15) is 17.3 Å². The Morgan fingerprint density at radius 1 is 1.13 bits per heavy atom. The first-order valence-corrected chi connectivity index (χ1v) is 4.62. The maximum atomic E-state index is 5.44. The smallest absolute Gasteiger partial charge is 0.314 e. The quantitative estimate of drug-likeness (QED) is 0.458. The van der Waals surface area contributed by atoms with Crippen molar-refractivity contribution in [3.8, 4) is 0 Å². The van der Waals surface area contributed by atoms with E-state index in [2.05, 4.69) is 0 Å². The predicted molar refractivity (Wildman–Crippen MR) is 59.9 cm³/mol. The number of aryl methyl sites for hydroxylation is 1. The van der Waals surface area contributed by atoms with Gasteiger partial charge in [0.25, 0.3) is 0 Å². The van der Waals surface area contributed by atoms with E-state index >= 15 is 0 Å². The van der Waals surface area contributed by atoms with Crippen LogP contribution in [0.15, 0.2) is 48.5 Å². The number of hydrogen-bond donors (Lipinski definition) is 2. The number of rotatable bonds is 1. The molecule has 0 saturated carbocycles. The van der Waals surface area contributed by atoms with Crippen LogP contribution in [0.3, 0.4) is 0 Å². The molecular formula is C12H16FeN2. The second-order valence-electron chi connectivity index (χ2n) is 3.15. The maximum absolute atomic E-state index is 5.44. The average Bonchev–Trinajstić information content (AvgIpc) is 2.74. The van der Waals surface area contributed by atoms with Crippen LogP contribution < -0.4 is 11.5 Å². The molecule has 4 N–H and O–H groups in total. The summed E-state index contributed by atoms with van der Waals surface area (Å²) in [5, 5.41) is 0. The zero-order valence-corrected chi connectivity index (χ0v) is 9.81. The maximum Gasteiger partial charge on any atom is 2.00 e. The monoisotopic (exact) mass is 244 g/mol. The van der Waals surface area contributed by atoms with Crippen molar-refractivity contribution in [3.63, 3.8) is 0 Å². The van der Waals surface area contributed by atoms with Crippen molar-refractivity contribution in [2.45, 2.75) is 13.1 Å². The van der Waals surface area contributed by atoms with Crippen LogP contribution in [0.4, 0.5) is 0 Å². The van der Waals surface area contributed by atoms with Gasteiger partial charge in [-0.05, 0) is 0 Å². The molecule has 0 aliphatic rings. The van der Waals surface area contributed by atoms with E-state index in [4.69, 9.17) is 11.5 Å². The zero-order chi connectivity index (χ0) is 10.4. The third kappa shape index (κ3) is 4.96. The van der Waals surface area contributed by atoms with Gasteiger partial charge in [0.05, 0.1) is 6.17 Å². The summed E-state index contributed by atoms with van der Waals surface area (Å²) in [7, 11) is 0. The van der Waals surface area contributed by atoms with Gasteiger partial charge in [0.15, 0.2) is 0 Å². The van der Waals surface area contributed by atoms with Gasteiger partial charge in [-0.15, -0.1) is 5.56 Å². The average molecular weight is 244 g/mol. The third-order valence-electron chi connectivity index (χ3n) is 1.99. The first-order valence-electron chi connectivity index (χ1n) is 4.62. The van der Waals surface area contributed by atoms with Gasteiger partial charge in [-0.25, -0.2) is 18.2 Å².